The van der Waals surface area contributed by atoms with Gasteiger partial charge in [-0.1, -0.05) is 19.3 Å². The van der Waals surface area contributed by atoms with Crippen LogP contribution in [0.2, 0.25) is 0 Å². The molecule has 1 heterocycles. The molecule has 1 unspecified atom stereocenters. The first-order valence-electron chi connectivity index (χ1n) is 6.77. The summed E-state index contributed by atoms with van der Waals surface area (Å²) in [5, 5.41) is 9.94. The molecule has 1 aliphatic heterocycles. The molecule has 2 aliphatic rings. The summed E-state index contributed by atoms with van der Waals surface area (Å²) in [5.41, 5.74) is 0. The third kappa shape index (κ3) is 3.68. The fraction of sp³-hybridized carbons (Fsp3) is 0.923. The van der Waals surface area contributed by atoms with Crippen molar-refractivity contribution >= 4 is 5.97 Å². The largest absolute Gasteiger partial charge is 0.434 e. The lowest BCUT2D eigenvalue weighted by Gasteiger charge is -2.28. The van der Waals surface area contributed by atoms with E-state index in [0.29, 0.717) is 6.61 Å². The van der Waals surface area contributed by atoms with Gasteiger partial charge in [0.1, 0.15) is 0 Å². The van der Waals surface area contributed by atoms with Gasteiger partial charge >= 0.3 is 5.97 Å². The van der Waals surface area contributed by atoms with Crippen LogP contribution >= 0.6 is 0 Å². The molecule has 2 atom stereocenters. The monoisotopic (exact) mass is 242 g/mol. The molecule has 4 nitrogen and oxygen atoms in total. The van der Waals surface area contributed by atoms with Crippen LogP contribution in [-0.2, 0) is 14.3 Å². The van der Waals surface area contributed by atoms with Gasteiger partial charge in [0.15, 0.2) is 6.10 Å². The van der Waals surface area contributed by atoms with Crippen LogP contribution in [0.4, 0.5) is 0 Å². The van der Waals surface area contributed by atoms with Crippen LogP contribution in [0.3, 0.4) is 0 Å². The highest BCUT2D eigenvalue weighted by Gasteiger charge is 2.30. The van der Waals surface area contributed by atoms with Gasteiger partial charge in [0, 0.05) is 6.42 Å². The van der Waals surface area contributed by atoms with Crippen molar-refractivity contribution in [2.45, 2.75) is 63.8 Å². The number of aliphatic hydroxyl groups is 1. The maximum atomic E-state index is 11.8. The molecule has 1 saturated carbocycles. The first-order chi connectivity index (χ1) is 8.27. The second kappa shape index (κ2) is 6.36. The fourth-order valence-electron chi connectivity index (χ4n) is 2.65. The Kier molecular flexibility index (Phi) is 4.80. The Morgan fingerprint density at radius 2 is 1.82 bits per heavy atom. The molecule has 0 bridgehead atoms. The highest BCUT2D eigenvalue weighted by atomic mass is 16.7. The minimum atomic E-state index is -0.958. The Morgan fingerprint density at radius 3 is 2.47 bits per heavy atom. The summed E-state index contributed by atoms with van der Waals surface area (Å²) in [7, 11) is 0. The predicted octanol–water partition coefficient (Wildman–Crippen LogP) is 2.00. The topological polar surface area (TPSA) is 55.8 Å². The zero-order valence-electron chi connectivity index (χ0n) is 10.3. The Bertz CT molecular complexity index is 242. The van der Waals surface area contributed by atoms with Crippen molar-refractivity contribution < 1.29 is 19.4 Å². The lowest BCUT2D eigenvalue weighted by atomic mass is 9.85. The third-order valence-corrected chi connectivity index (χ3v) is 3.72. The van der Waals surface area contributed by atoms with Gasteiger partial charge in [-0.15, -0.1) is 0 Å². The van der Waals surface area contributed by atoms with Crippen LogP contribution < -0.4 is 0 Å². The molecule has 0 aromatic heterocycles. The predicted molar refractivity (Wildman–Crippen MR) is 62.3 cm³/mol. The molecule has 2 rings (SSSR count). The quantitative estimate of drug-likeness (QED) is 0.769. The Labute approximate surface area is 102 Å². The number of rotatable bonds is 3. The van der Waals surface area contributed by atoms with Crippen LogP contribution in [0.25, 0.3) is 0 Å². The lowest BCUT2D eigenvalue weighted by molar-refractivity contribution is -0.197. The van der Waals surface area contributed by atoms with Crippen LogP contribution in [-0.4, -0.2) is 30.1 Å². The van der Waals surface area contributed by atoms with Crippen molar-refractivity contribution in [3.63, 3.8) is 0 Å². The Balaban J connectivity index is 1.77. The highest BCUT2D eigenvalue weighted by Crippen LogP contribution is 2.27. The van der Waals surface area contributed by atoms with Gasteiger partial charge in [-0.25, -0.2) is 4.79 Å². The van der Waals surface area contributed by atoms with Crippen LogP contribution in [0.15, 0.2) is 0 Å². The van der Waals surface area contributed by atoms with E-state index in [2.05, 4.69) is 0 Å². The number of esters is 1. The van der Waals surface area contributed by atoms with E-state index in [1.165, 1.54) is 6.42 Å². The number of aliphatic hydroxyl groups excluding tert-OH is 1. The molecule has 1 aliphatic carbocycles. The SMILES string of the molecule is O=C(OC1CCCCO1)[C@H](O)C1CCCCC1. The van der Waals surface area contributed by atoms with E-state index in [-0.39, 0.29) is 5.92 Å². The van der Waals surface area contributed by atoms with E-state index < -0.39 is 18.4 Å². The van der Waals surface area contributed by atoms with Gasteiger partial charge < -0.3 is 14.6 Å². The second-order valence-corrected chi connectivity index (χ2v) is 5.08. The summed E-state index contributed by atoms with van der Waals surface area (Å²) < 4.78 is 10.5. The summed E-state index contributed by atoms with van der Waals surface area (Å²) in [5.74, 6) is -0.413. The third-order valence-electron chi connectivity index (χ3n) is 3.72. The van der Waals surface area contributed by atoms with Crippen molar-refractivity contribution in [3.8, 4) is 0 Å². The zero-order chi connectivity index (χ0) is 12.1. The minimum absolute atomic E-state index is 0.0832. The van der Waals surface area contributed by atoms with E-state index in [1.807, 2.05) is 0 Å². The van der Waals surface area contributed by atoms with Crippen molar-refractivity contribution in [3.05, 3.63) is 0 Å². The first-order valence-corrected chi connectivity index (χ1v) is 6.77. The number of hydrogen-bond donors (Lipinski definition) is 1. The van der Waals surface area contributed by atoms with Crippen LogP contribution in [0.1, 0.15) is 51.4 Å². The molecule has 0 radical (unpaired) electrons. The number of ether oxygens (including phenoxy) is 2. The molecule has 0 aromatic carbocycles. The average Bonchev–Trinajstić information content (AvgIpc) is 2.40. The minimum Gasteiger partial charge on any atom is -0.434 e. The van der Waals surface area contributed by atoms with E-state index in [0.717, 1.165) is 44.9 Å². The van der Waals surface area contributed by atoms with Crippen molar-refractivity contribution in [1.29, 1.82) is 0 Å². The Morgan fingerprint density at radius 1 is 1.12 bits per heavy atom. The Hall–Kier alpha value is -0.610. The molecule has 0 spiro atoms. The number of carbonyl (C=O) groups excluding carboxylic acids is 1. The van der Waals surface area contributed by atoms with Gasteiger partial charge in [0.2, 0.25) is 6.29 Å². The van der Waals surface area contributed by atoms with Crippen molar-refractivity contribution in [2.75, 3.05) is 6.61 Å². The normalized spacial score (nSPS) is 28.6. The fourth-order valence-corrected chi connectivity index (χ4v) is 2.65. The molecule has 4 heteroatoms. The van der Waals surface area contributed by atoms with Crippen molar-refractivity contribution in [1.82, 2.24) is 0 Å². The van der Waals surface area contributed by atoms with E-state index in [4.69, 9.17) is 9.47 Å². The molecule has 0 aromatic rings. The van der Waals surface area contributed by atoms with E-state index >= 15 is 0 Å². The van der Waals surface area contributed by atoms with Crippen LogP contribution in [0.5, 0.6) is 0 Å². The van der Waals surface area contributed by atoms with Gasteiger partial charge in [-0.2, -0.15) is 0 Å². The second-order valence-electron chi connectivity index (χ2n) is 5.08. The van der Waals surface area contributed by atoms with Gasteiger partial charge in [-0.05, 0) is 31.6 Å². The lowest BCUT2D eigenvalue weighted by Crippen LogP contribution is -2.36. The molecule has 0 amide bonds. The molecule has 1 N–H and O–H groups in total. The number of carbonyl (C=O) groups is 1. The van der Waals surface area contributed by atoms with Gasteiger partial charge in [-0.3, -0.25) is 0 Å². The summed E-state index contributed by atoms with van der Waals surface area (Å²) in [4.78, 5) is 11.8. The summed E-state index contributed by atoms with van der Waals surface area (Å²) in [6.45, 7) is 0.650. The molecule has 98 valence electrons. The summed E-state index contributed by atoms with van der Waals surface area (Å²) >= 11 is 0. The maximum Gasteiger partial charge on any atom is 0.337 e. The molecule has 2 fully saturated rings. The first kappa shape index (κ1) is 12.8. The summed E-state index contributed by atoms with van der Waals surface area (Å²) in [6.07, 6.45) is 6.70. The smallest absolute Gasteiger partial charge is 0.337 e. The average molecular weight is 242 g/mol. The van der Waals surface area contributed by atoms with Crippen molar-refractivity contribution in [2.24, 2.45) is 5.92 Å². The standard InChI is InChI=1S/C13H22O4/c14-12(10-6-2-1-3-7-10)13(15)17-11-8-4-5-9-16-11/h10-12,14H,1-9H2/t11?,12-/m1/s1. The highest BCUT2D eigenvalue weighted by molar-refractivity contribution is 5.74. The van der Waals surface area contributed by atoms with E-state index in [9.17, 15) is 9.90 Å². The number of hydrogen-bond acceptors (Lipinski definition) is 4. The van der Waals surface area contributed by atoms with Crippen LogP contribution in [0, 0.1) is 5.92 Å². The van der Waals surface area contributed by atoms with Gasteiger partial charge in [0.05, 0.1) is 6.61 Å². The molecular formula is C13H22O4. The van der Waals surface area contributed by atoms with Gasteiger partial charge in [0.25, 0.3) is 0 Å². The zero-order valence-corrected chi connectivity index (χ0v) is 10.3. The maximum absolute atomic E-state index is 11.8. The molecular weight excluding hydrogens is 220 g/mol. The molecule has 1 saturated heterocycles. The van der Waals surface area contributed by atoms with E-state index in [1.54, 1.807) is 0 Å². The molecule has 17 heavy (non-hydrogen) atoms. The summed E-state index contributed by atoms with van der Waals surface area (Å²) in [6, 6.07) is 0.